The minimum Gasteiger partial charge on any atom is -0.425 e. The zero-order chi connectivity index (χ0) is 40.8. The number of nitrogens with zero attached hydrogens (tertiary/aromatic N) is 7. The van der Waals surface area contributed by atoms with Gasteiger partial charge in [0.25, 0.3) is 11.9 Å². The second kappa shape index (κ2) is 20.6. The van der Waals surface area contributed by atoms with Crippen LogP contribution < -0.4 is 16.0 Å². The van der Waals surface area contributed by atoms with Crippen molar-refractivity contribution in [3.8, 4) is 0 Å². The monoisotopic (exact) mass is 793 g/mol. The third kappa shape index (κ3) is 12.1. The van der Waals surface area contributed by atoms with Crippen molar-refractivity contribution in [2.75, 3.05) is 30.3 Å². The van der Waals surface area contributed by atoms with Crippen LogP contribution in [0.15, 0.2) is 40.3 Å². The van der Waals surface area contributed by atoms with Gasteiger partial charge < -0.3 is 29.7 Å². The van der Waals surface area contributed by atoms with E-state index in [2.05, 4.69) is 58.0 Å². The van der Waals surface area contributed by atoms with Gasteiger partial charge in [0.15, 0.2) is 23.4 Å². The van der Waals surface area contributed by atoms with E-state index in [1.54, 1.807) is 41.8 Å². The van der Waals surface area contributed by atoms with Crippen molar-refractivity contribution in [2.24, 2.45) is 9.98 Å². The molecule has 1 aliphatic heterocycles. The molecule has 0 aliphatic carbocycles. The Bertz CT molecular complexity index is 1780. The van der Waals surface area contributed by atoms with Crippen molar-refractivity contribution in [3.63, 3.8) is 0 Å². The first kappa shape index (κ1) is 41.9. The van der Waals surface area contributed by atoms with Gasteiger partial charge in [0.05, 0.1) is 12.2 Å². The quantitative estimate of drug-likeness (QED) is 0.0449. The van der Waals surface area contributed by atoms with E-state index in [1.807, 2.05) is 12.2 Å². The van der Waals surface area contributed by atoms with E-state index >= 15 is 0 Å². The highest BCUT2D eigenvalue weighted by molar-refractivity contribution is 7.45. The van der Waals surface area contributed by atoms with Gasteiger partial charge in [-0.15, -0.1) is 0 Å². The fourth-order valence-electron chi connectivity index (χ4n) is 5.84. The Morgan fingerprint density at radius 1 is 1.11 bits per heavy atom. The van der Waals surface area contributed by atoms with Crippen LogP contribution in [0.3, 0.4) is 0 Å². The van der Waals surface area contributed by atoms with Gasteiger partial charge in [-0.25, -0.2) is 14.6 Å². The lowest BCUT2D eigenvalue weighted by molar-refractivity contribution is -0.173. The zero-order valence-electron chi connectivity index (χ0n) is 33.0. The molecule has 0 radical (unpaired) electrons. The van der Waals surface area contributed by atoms with Gasteiger partial charge in [0.2, 0.25) is 5.95 Å². The maximum absolute atomic E-state index is 13.3. The van der Waals surface area contributed by atoms with Gasteiger partial charge in [-0.2, -0.15) is 23.1 Å². The summed E-state index contributed by atoms with van der Waals surface area (Å²) in [5.41, 5.74) is 1.00. The number of imidazole rings is 1. The van der Waals surface area contributed by atoms with Crippen LogP contribution in [0.25, 0.3) is 11.2 Å². The number of carbonyl (C=O) groups excluding carboxylic acids is 2. The average Bonchev–Trinajstić information content (AvgIpc) is 3.72. The number of nitrogens with one attached hydrogen (secondary N) is 3. The molecular formula is C36H52F3N10O5P. The average molecular weight is 794 g/mol. The number of hydrogen-bond donors (Lipinski definition) is 3. The third-order valence-corrected chi connectivity index (χ3v) is 10.3. The topological polar surface area (TPSA) is 169 Å². The van der Waals surface area contributed by atoms with E-state index in [9.17, 15) is 22.8 Å². The summed E-state index contributed by atoms with van der Waals surface area (Å²) in [6.45, 7) is 12.6. The number of halogens is 3. The lowest BCUT2D eigenvalue weighted by Crippen LogP contribution is -2.37. The SMILES string of the molecule is [2H]C[C@H]1O[C@@H](n2c(NCCCCCCNC(=O)C(F)(F)F)nc3c(NC(=O)c4ccccc4)nc(/N=C\C)nc32)CC1OP(OC=NCC)N(C(C)C)C(C)C. The summed E-state index contributed by atoms with van der Waals surface area (Å²) in [6.07, 6.45) is -1.35. The van der Waals surface area contributed by atoms with Crippen LogP contribution >= 0.6 is 8.53 Å². The van der Waals surface area contributed by atoms with Gasteiger partial charge in [-0.05, 0) is 73.4 Å². The Morgan fingerprint density at radius 2 is 1.82 bits per heavy atom. The molecule has 2 amide bonds. The molecule has 19 heteroatoms. The highest BCUT2D eigenvalue weighted by atomic mass is 31.2. The smallest absolute Gasteiger partial charge is 0.425 e. The number of rotatable bonds is 20. The van der Waals surface area contributed by atoms with Gasteiger partial charge in [-0.1, -0.05) is 31.0 Å². The Balaban J connectivity index is 1.65. The molecule has 3 aromatic rings. The number of alkyl halides is 3. The predicted molar refractivity (Wildman–Crippen MR) is 208 cm³/mol. The number of anilines is 2. The number of benzene rings is 1. The minimum atomic E-state index is -4.91. The molecule has 302 valence electrons. The molecule has 1 aliphatic rings. The van der Waals surface area contributed by atoms with Gasteiger partial charge in [0.1, 0.15) is 6.23 Å². The van der Waals surface area contributed by atoms with E-state index < -0.39 is 45.0 Å². The van der Waals surface area contributed by atoms with Crippen molar-refractivity contribution < 1.29 is 37.9 Å². The molecule has 1 saturated heterocycles. The van der Waals surface area contributed by atoms with Crippen molar-refractivity contribution in [3.05, 3.63) is 35.9 Å². The maximum Gasteiger partial charge on any atom is 0.471 e. The first-order chi connectivity index (χ1) is 26.8. The molecule has 3 N–H and O–H groups in total. The lowest BCUT2D eigenvalue weighted by Gasteiger charge is -2.36. The first-order valence-corrected chi connectivity index (χ1v) is 19.5. The van der Waals surface area contributed by atoms with Crippen LogP contribution in [-0.2, 0) is 18.6 Å². The second-order valence-corrected chi connectivity index (χ2v) is 14.5. The summed E-state index contributed by atoms with van der Waals surface area (Å²) in [7, 11) is -1.64. The maximum atomic E-state index is 13.3. The molecule has 0 bridgehead atoms. The molecule has 15 nitrogen and oxygen atoms in total. The number of carbonyl (C=O) groups is 2. The number of aromatic nitrogens is 4. The fraction of sp³-hybridized carbons (Fsp3) is 0.583. The molecule has 2 unspecified atom stereocenters. The van der Waals surface area contributed by atoms with E-state index in [1.165, 1.54) is 12.6 Å². The van der Waals surface area contributed by atoms with Crippen molar-refractivity contribution in [2.45, 2.75) is 117 Å². The van der Waals surface area contributed by atoms with Gasteiger partial charge in [-0.3, -0.25) is 19.1 Å². The largest absolute Gasteiger partial charge is 0.471 e. The first-order valence-electron chi connectivity index (χ1n) is 19.1. The van der Waals surface area contributed by atoms with Crippen LogP contribution in [-0.4, -0.2) is 98.7 Å². The molecule has 1 aromatic carbocycles. The number of amides is 2. The van der Waals surface area contributed by atoms with Crippen LogP contribution in [0.5, 0.6) is 0 Å². The Kier molecular flexibility index (Phi) is 15.7. The van der Waals surface area contributed by atoms with Crippen molar-refractivity contribution >= 4 is 61.8 Å². The number of fused-ring (bicyclic) bond motifs is 1. The molecule has 3 heterocycles. The lowest BCUT2D eigenvalue weighted by atomic mass is 10.2. The highest BCUT2D eigenvalue weighted by Gasteiger charge is 2.41. The number of aliphatic imine (C=N–C) groups is 2. The minimum absolute atomic E-state index is 0.0770. The molecular weight excluding hydrogens is 740 g/mol. The third-order valence-electron chi connectivity index (χ3n) is 8.31. The van der Waals surface area contributed by atoms with E-state index in [4.69, 9.17) is 25.1 Å². The Hall–Kier alpha value is -4.25. The summed E-state index contributed by atoms with van der Waals surface area (Å²) in [5, 5.41) is 8.10. The molecule has 4 atom stereocenters. The Morgan fingerprint density at radius 3 is 2.45 bits per heavy atom. The second-order valence-electron chi connectivity index (χ2n) is 13.2. The number of hydrogen-bond acceptors (Lipinski definition) is 12. The summed E-state index contributed by atoms with van der Waals surface area (Å²) in [4.78, 5) is 47.0. The molecule has 2 aromatic heterocycles. The van der Waals surface area contributed by atoms with Crippen molar-refractivity contribution in [1.29, 1.82) is 0 Å². The predicted octanol–water partition coefficient (Wildman–Crippen LogP) is 7.55. The van der Waals surface area contributed by atoms with E-state index in [0.717, 1.165) is 0 Å². The summed E-state index contributed by atoms with van der Waals surface area (Å²) >= 11 is 0. The fourth-order valence-corrected chi connectivity index (χ4v) is 7.46. The molecule has 55 heavy (non-hydrogen) atoms. The summed E-state index contributed by atoms with van der Waals surface area (Å²) < 4.78 is 69.0. The van der Waals surface area contributed by atoms with Crippen molar-refractivity contribution in [1.82, 2.24) is 29.5 Å². The van der Waals surface area contributed by atoms with E-state index in [-0.39, 0.29) is 42.8 Å². The van der Waals surface area contributed by atoms with Gasteiger partial charge in [0, 0.05) is 51.3 Å². The molecule has 1 fully saturated rings. The highest BCUT2D eigenvalue weighted by Crippen LogP contribution is 2.50. The molecule has 0 saturated carbocycles. The number of ether oxygens (including phenoxy) is 1. The van der Waals surface area contributed by atoms with E-state index in [0.29, 0.717) is 62.4 Å². The Labute approximate surface area is 322 Å². The molecule has 0 spiro atoms. The van der Waals surface area contributed by atoms with Crippen LogP contribution in [0, 0.1) is 0 Å². The zero-order valence-corrected chi connectivity index (χ0v) is 32.9. The van der Waals surface area contributed by atoms with Crippen LogP contribution in [0.4, 0.5) is 30.9 Å². The number of unbranched alkanes of at least 4 members (excludes halogenated alkanes) is 3. The standard InChI is InChI=1S/C36H52F3N10O5P/c1-8-40-22-52-55(49(23(3)4)24(5)6)54-27-21-28(53-25(27)7)48-31-29(44-35(48)43-20-16-11-10-15-19-42-33(51)36(37,38)39)30(46-34(47-31)41-9-2)45-32(50)26-17-13-12-14-18-26/h9,12-14,17-18,22-25,27-28H,8,10-11,15-16,19-21H2,1-7H3,(H,42,51)(H,43,44)(H,45,46,47,50)/b40-22?,41-9-/t25-,27?,28-,55?/m1/s1/i7D. The van der Waals surface area contributed by atoms with Gasteiger partial charge >= 0.3 is 20.6 Å². The summed E-state index contributed by atoms with van der Waals surface area (Å²) in [6, 6.07) is 8.81. The summed E-state index contributed by atoms with van der Waals surface area (Å²) in [5.74, 6) is -1.80. The van der Waals surface area contributed by atoms with Crippen LogP contribution in [0.2, 0.25) is 0 Å². The van der Waals surface area contributed by atoms with Crippen LogP contribution in [0.1, 0.15) is 98.5 Å². The molecule has 4 rings (SSSR count). The normalized spacial score (nSPS) is 18.5.